The van der Waals surface area contributed by atoms with Crippen LogP contribution in [-0.2, 0) is 0 Å². The Bertz CT molecular complexity index is 197. The van der Waals surface area contributed by atoms with Crippen molar-refractivity contribution in [3.63, 3.8) is 0 Å². The Morgan fingerprint density at radius 3 is 2.21 bits per heavy atom. The van der Waals surface area contributed by atoms with Gasteiger partial charge in [0, 0.05) is 6.54 Å². The van der Waals surface area contributed by atoms with Crippen LogP contribution in [0.5, 0.6) is 0 Å². The lowest BCUT2D eigenvalue weighted by Gasteiger charge is -2.28. The first-order chi connectivity index (χ1) is 6.18. The lowest BCUT2D eigenvalue weighted by molar-refractivity contribution is 0.225. The molecule has 0 aromatic heterocycles. The van der Waals surface area contributed by atoms with Gasteiger partial charge in [-0.05, 0) is 18.5 Å². The molecule has 5 heteroatoms. The smallest absolute Gasteiger partial charge is 0.449 e. The molecule has 0 N–H and O–H groups in total. The van der Waals surface area contributed by atoms with E-state index in [-0.39, 0.29) is 12.0 Å². The Kier molecular flexibility index (Phi) is 3.19. The molecule has 0 aromatic rings. The summed E-state index contributed by atoms with van der Waals surface area (Å²) >= 11 is 0. The van der Waals surface area contributed by atoms with Crippen molar-refractivity contribution < 1.29 is 12.9 Å². The van der Waals surface area contributed by atoms with Crippen molar-refractivity contribution in [3.8, 4) is 0 Å². The van der Waals surface area contributed by atoms with E-state index >= 15 is 0 Å². The molecule has 1 unspecified atom stereocenters. The molecule has 1 saturated heterocycles. The third-order valence-electron chi connectivity index (χ3n) is 2.54. The van der Waals surface area contributed by atoms with E-state index in [2.05, 4.69) is 20.8 Å². The summed E-state index contributed by atoms with van der Waals surface area (Å²) in [6.07, 6.45) is 0.291. The fraction of sp³-hybridized carbons (Fsp3) is 1.00. The fourth-order valence-corrected chi connectivity index (χ4v) is 1.99. The standard InChI is InChI=1S/C9H18BF3N/c1-9(2,3)7-14-5-4-8(6-14)10(11,12)13/h8H,4-7H2,1-3H3/q-1. The van der Waals surface area contributed by atoms with Gasteiger partial charge in [-0.15, -0.1) is 0 Å². The number of likely N-dealkylation sites (tertiary alicyclic amines) is 1. The second-order valence-electron chi connectivity index (χ2n) is 5.47. The minimum absolute atomic E-state index is 0.0908. The van der Waals surface area contributed by atoms with Gasteiger partial charge in [-0.2, -0.15) is 0 Å². The Morgan fingerprint density at radius 1 is 1.29 bits per heavy atom. The maximum absolute atomic E-state index is 12.4. The first kappa shape index (κ1) is 11.9. The Hall–Kier alpha value is -0.185. The quantitative estimate of drug-likeness (QED) is 0.630. The van der Waals surface area contributed by atoms with Crippen LogP contribution in [0.15, 0.2) is 0 Å². The van der Waals surface area contributed by atoms with Crippen molar-refractivity contribution in [1.29, 1.82) is 0 Å². The molecule has 0 aromatic carbocycles. The second-order valence-corrected chi connectivity index (χ2v) is 5.47. The maximum Gasteiger partial charge on any atom is 0.482 e. The van der Waals surface area contributed by atoms with Crippen LogP contribution >= 0.6 is 0 Å². The van der Waals surface area contributed by atoms with Crippen LogP contribution in [0.25, 0.3) is 0 Å². The lowest BCUT2D eigenvalue weighted by Crippen LogP contribution is -2.33. The highest BCUT2D eigenvalue weighted by Crippen LogP contribution is 2.35. The average molecular weight is 208 g/mol. The minimum Gasteiger partial charge on any atom is -0.449 e. The summed E-state index contributed by atoms with van der Waals surface area (Å²) in [5, 5.41) is 0. The molecular formula is C9H18BF3N-. The summed E-state index contributed by atoms with van der Waals surface area (Å²) < 4.78 is 37.2. The molecule has 0 spiro atoms. The topological polar surface area (TPSA) is 3.24 Å². The van der Waals surface area contributed by atoms with Crippen LogP contribution in [0.3, 0.4) is 0 Å². The van der Waals surface area contributed by atoms with Gasteiger partial charge in [0.25, 0.3) is 0 Å². The molecule has 14 heavy (non-hydrogen) atoms. The van der Waals surface area contributed by atoms with Crippen molar-refractivity contribution in [3.05, 3.63) is 0 Å². The highest BCUT2D eigenvalue weighted by atomic mass is 19.4. The third-order valence-corrected chi connectivity index (χ3v) is 2.54. The van der Waals surface area contributed by atoms with Gasteiger partial charge in [-0.25, -0.2) is 0 Å². The van der Waals surface area contributed by atoms with Gasteiger partial charge < -0.3 is 17.8 Å². The van der Waals surface area contributed by atoms with Gasteiger partial charge in [0.05, 0.1) is 0 Å². The molecule has 1 aliphatic heterocycles. The van der Waals surface area contributed by atoms with Crippen LogP contribution in [0.4, 0.5) is 12.9 Å². The molecule has 0 saturated carbocycles. The Morgan fingerprint density at radius 2 is 1.86 bits per heavy atom. The molecule has 1 atom stereocenters. The van der Waals surface area contributed by atoms with E-state index < -0.39 is 12.8 Å². The number of nitrogens with zero attached hydrogens (tertiary/aromatic N) is 1. The van der Waals surface area contributed by atoms with Crippen LogP contribution in [0.1, 0.15) is 27.2 Å². The first-order valence-electron chi connectivity index (χ1n) is 5.11. The zero-order valence-corrected chi connectivity index (χ0v) is 9.06. The molecule has 0 bridgehead atoms. The summed E-state index contributed by atoms with van der Waals surface area (Å²) in [5.74, 6) is -1.04. The average Bonchev–Trinajstić information content (AvgIpc) is 2.29. The second kappa shape index (κ2) is 3.76. The predicted octanol–water partition coefficient (Wildman–Crippen LogP) is 2.96. The summed E-state index contributed by atoms with van der Waals surface area (Å²) in [4.78, 5) is 1.93. The highest BCUT2D eigenvalue weighted by Gasteiger charge is 2.39. The molecule has 0 radical (unpaired) electrons. The molecule has 1 rings (SSSR count). The van der Waals surface area contributed by atoms with Crippen molar-refractivity contribution in [2.45, 2.75) is 33.0 Å². The largest absolute Gasteiger partial charge is 0.482 e. The van der Waals surface area contributed by atoms with Gasteiger partial charge in [-0.1, -0.05) is 33.0 Å². The van der Waals surface area contributed by atoms with Crippen LogP contribution < -0.4 is 0 Å². The molecule has 1 aliphatic rings. The normalized spacial score (nSPS) is 25.7. The van der Waals surface area contributed by atoms with Crippen LogP contribution in [0, 0.1) is 5.41 Å². The molecule has 84 valence electrons. The van der Waals surface area contributed by atoms with Crippen LogP contribution in [-0.4, -0.2) is 31.5 Å². The van der Waals surface area contributed by atoms with E-state index in [4.69, 9.17) is 0 Å². The fourth-order valence-electron chi connectivity index (χ4n) is 1.99. The van der Waals surface area contributed by atoms with Gasteiger partial charge in [0.2, 0.25) is 0 Å². The Balaban J connectivity index is 2.42. The maximum atomic E-state index is 12.4. The molecule has 1 heterocycles. The van der Waals surface area contributed by atoms with Crippen molar-refractivity contribution in [2.75, 3.05) is 19.6 Å². The van der Waals surface area contributed by atoms with Gasteiger partial charge in [0.15, 0.2) is 0 Å². The van der Waals surface area contributed by atoms with E-state index in [0.29, 0.717) is 13.0 Å². The van der Waals surface area contributed by atoms with E-state index in [1.54, 1.807) is 0 Å². The summed E-state index contributed by atoms with van der Waals surface area (Å²) in [6, 6.07) is 0. The van der Waals surface area contributed by atoms with E-state index in [0.717, 1.165) is 6.54 Å². The summed E-state index contributed by atoms with van der Waals surface area (Å²) in [6.45, 7) is 3.11. The SMILES string of the molecule is CC(C)(C)CN1CCC([B-](F)(F)F)C1. The molecular weight excluding hydrogens is 190 g/mol. The summed E-state index contributed by atoms with van der Waals surface area (Å²) in [5.41, 5.74) is 0.0908. The highest BCUT2D eigenvalue weighted by molar-refractivity contribution is 6.60. The number of hydrogen-bond acceptors (Lipinski definition) is 1. The zero-order valence-electron chi connectivity index (χ0n) is 9.06. The number of rotatable bonds is 2. The number of halogens is 3. The van der Waals surface area contributed by atoms with E-state index in [1.807, 2.05) is 4.90 Å². The van der Waals surface area contributed by atoms with E-state index in [1.165, 1.54) is 0 Å². The molecule has 0 aliphatic carbocycles. The van der Waals surface area contributed by atoms with Gasteiger partial charge in [-0.3, -0.25) is 0 Å². The van der Waals surface area contributed by atoms with Crippen molar-refractivity contribution in [2.24, 2.45) is 5.41 Å². The lowest BCUT2D eigenvalue weighted by atomic mass is 9.72. The first-order valence-corrected chi connectivity index (χ1v) is 5.11. The predicted molar refractivity (Wildman–Crippen MR) is 53.3 cm³/mol. The van der Waals surface area contributed by atoms with Crippen molar-refractivity contribution >= 4 is 6.98 Å². The Labute approximate surface area is 83.7 Å². The summed E-state index contributed by atoms with van der Waals surface area (Å²) in [7, 11) is 0. The van der Waals surface area contributed by atoms with Crippen molar-refractivity contribution in [1.82, 2.24) is 4.90 Å². The zero-order chi connectivity index (χ0) is 11.0. The van der Waals surface area contributed by atoms with E-state index in [9.17, 15) is 12.9 Å². The van der Waals surface area contributed by atoms with Gasteiger partial charge in [0.1, 0.15) is 0 Å². The molecule has 1 nitrogen and oxygen atoms in total. The third kappa shape index (κ3) is 3.52. The molecule has 1 fully saturated rings. The monoisotopic (exact) mass is 208 g/mol. The number of hydrogen-bond donors (Lipinski definition) is 0. The minimum atomic E-state index is -4.63. The molecule has 0 amide bonds. The van der Waals surface area contributed by atoms with Crippen LogP contribution in [0.2, 0.25) is 5.82 Å². The van der Waals surface area contributed by atoms with Gasteiger partial charge >= 0.3 is 6.98 Å².